The lowest BCUT2D eigenvalue weighted by Crippen LogP contribution is -2.42. The Kier molecular flexibility index (Phi) is 9.81. The molecule has 0 spiro atoms. The van der Waals surface area contributed by atoms with Gasteiger partial charge in [0.1, 0.15) is 10.8 Å². The number of carbonyl (C=O) groups excluding carboxylic acids is 2. The normalized spacial score (nSPS) is 18.5. The minimum Gasteiger partial charge on any atom is -0.324 e. The molecule has 6 aromatic rings. The smallest absolute Gasteiger partial charge is 0.240 e. The van der Waals surface area contributed by atoms with Crippen molar-refractivity contribution in [3.63, 3.8) is 0 Å². The molecule has 0 saturated heterocycles. The number of alkyl halides is 2. The SMILES string of the molecule is Cc1cccc2c1-c1c(C)cccc1[C@@](CBr)(c1ccccc1)C(=O)N2.Cc1cccc2c1-c1c(C)cccc1[C@](CBr)(c1ccccc1)C(=O)N2. The molecule has 0 saturated carbocycles. The van der Waals surface area contributed by atoms with Crippen LogP contribution >= 0.6 is 31.9 Å². The van der Waals surface area contributed by atoms with Crippen molar-refractivity contribution in [3.05, 3.63) is 178 Å². The van der Waals surface area contributed by atoms with E-state index in [0.717, 1.165) is 67.0 Å². The molecule has 2 atom stereocenters. The summed E-state index contributed by atoms with van der Waals surface area (Å²) in [5.41, 5.74) is 13.5. The maximum atomic E-state index is 13.6. The summed E-state index contributed by atoms with van der Waals surface area (Å²) in [6.07, 6.45) is 0. The monoisotopic (exact) mass is 810 g/mol. The molecule has 0 aromatic heterocycles. The number of aryl methyl sites for hydroxylation is 4. The van der Waals surface area contributed by atoms with E-state index < -0.39 is 10.8 Å². The van der Waals surface area contributed by atoms with Crippen LogP contribution in [0.1, 0.15) is 44.5 Å². The maximum Gasteiger partial charge on any atom is 0.240 e. The summed E-state index contributed by atoms with van der Waals surface area (Å²) in [5, 5.41) is 7.44. The molecule has 0 bridgehead atoms. The van der Waals surface area contributed by atoms with Crippen LogP contribution < -0.4 is 10.6 Å². The molecule has 4 nitrogen and oxygen atoms in total. The second-order valence-corrected chi connectivity index (χ2v) is 14.8. The molecule has 0 aliphatic carbocycles. The standard InChI is InChI=1S/2C23H20BrNO/c2*1-15-8-6-12-18-20(15)21-16(2)9-7-13-19(21)25-22(26)23(18,14-24)17-10-4-3-5-11-17/h2*3-13H,14H2,1-2H3,(H,25,26)/t2*23-/m10/s1. The van der Waals surface area contributed by atoms with Crippen molar-refractivity contribution in [3.8, 4) is 22.3 Å². The molecule has 2 N–H and O–H groups in total. The first kappa shape index (κ1) is 35.6. The van der Waals surface area contributed by atoms with Gasteiger partial charge >= 0.3 is 0 Å². The minimum atomic E-state index is -0.784. The Bertz CT molecular complexity index is 2160. The van der Waals surface area contributed by atoms with Gasteiger partial charge in [0.05, 0.1) is 0 Å². The predicted octanol–water partition coefficient (Wildman–Crippen LogP) is 11.2. The lowest BCUT2D eigenvalue weighted by Gasteiger charge is -2.32. The van der Waals surface area contributed by atoms with E-state index in [1.54, 1.807) is 0 Å². The Hall–Kier alpha value is -4.78. The molecular formula is C46H40Br2N2O2. The molecule has 6 aromatic carbocycles. The zero-order valence-corrected chi connectivity index (χ0v) is 32.9. The Morgan fingerprint density at radius 2 is 0.750 bits per heavy atom. The number of hydrogen-bond acceptors (Lipinski definition) is 2. The fraction of sp³-hybridized carbons (Fsp3) is 0.174. The first-order chi connectivity index (χ1) is 25.2. The number of benzene rings is 6. The van der Waals surface area contributed by atoms with Gasteiger partial charge in [-0.2, -0.15) is 0 Å². The summed E-state index contributed by atoms with van der Waals surface area (Å²) in [4.78, 5) is 27.1. The van der Waals surface area contributed by atoms with E-state index in [9.17, 15) is 9.59 Å². The molecule has 2 aliphatic heterocycles. The fourth-order valence-electron chi connectivity index (χ4n) is 8.06. The Balaban J connectivity index is 0.000000162. The van der Waals surface area contributed by atoms with Crippen molar-refractivity contribution in [2.45, 2.75) is 38.5 Å². The second-order valence-electron chi connectivity index (χ2n) is 13.7. The number of halogens is 2. The summed E-state index contributed by atoms with van der Waals surface area (Å²) < 4.78 is 0. The van der Waals surface area contributed by atoms with E-state index in [2.05, 4.69) is 107 Å². The van der Waals surface area contributed by atoms with E-state index >= 15 is 0 Å². The summed E-state index contributed by atoms with van der Waals surface area (Å²) in [5.74, 6) is -0.00597. The van der Waals surface area contributed by atoms with Crippen molar-refractivity contribution in [1.29, 1.82) is 0 Å². The van der Waals surface area contributed by atoms with Gasteiger partial charge in [-0.15, -0.1) is 0 Å². The first-order valence-corrected chi connectivity index (χ1v) is 19.7. The molecule has 0 unspecified atom stereocenters. The molecule has 2 aliphatic rings. The second kappa shape index (κ2) is 14.3. The van der Waals surface area contributed by atoms with Crippen LogP contribution in [0.2, 0.25) is 0 Å². The lowest BCUT2D eigenvalue weighted by molar-refractivity contribution is -0.120. The molecule has 0 fully saturated rings. The van der Waals surface area contributed by atoms with E-state index in [0.29, 0.717) is 10.7 Å². The van der Waals surface area contributed by atoms with E-state index in [4.69, 9.17) is 0 Å². The van der Waals surface area contributed by atoms with Gasteiger partial charge in [-0.3, -0.25) is 9.59 Å². The van der Waals surface area contributed by atoms with Crippen molar-refractivity contribution in [2.75, 3.05) is 21.3 Å². The minimum absolute atomic E-state index is 0.00299. The zero-order chi connectivity index (χ0) is 36.6. The van der Waals surface area contributed by atoms with E-state index in [1.165, 1.54) is 11.1 Å². The van der Waals surface area contributed by atoms with Crippen LogP contribution in [0, 0.1) is 27.7 Å². The van der Waals surface area contributed by atoms with Gasteiger partial charge in [0, 0.05) is 33.2 Å². The molecule has 6 heteroatoms. The average molecular weight is 813 g/mol. The van der Waals surface area contributed by atoms with Gasteiger partial charge in [0.25, 0.3) is 0 Å². The van der Waals surface area contributed by atoms with Crippen molar-refractivity contribution in [1.82, 2.24) is 0 Å². The molecular weight excluding hydrogens is 772 g/mol. The lowest BCUT2D eigenvalue weighted by atomic mass is 9.72. The van der Waals surface area contributed by atoms with Gasteiger partial charge in [-0.25, -0.2) is 0 Å². The topological polar surface area (TPSA) is 58.2 Å². The highest BCUT2D eigenvalue weighted by Crippen LogP contribution is 2.49. The molecule has 8 rings (SSSR count). The van der Waals surface area contributed by atoms with E-state index in [1.807, 2.05) is 97.1 Å². The Morgan fingerprint density at radius 1 is 0.423 bits per heavy atom. The fourth-order valence-corrected chi connectivity index (χ4v) is 9.82. The summed E-state index contributed by atoms with van der Waals surface area (Å²) in [6, 6.07) is 44.8. The van der Waals surface area contributed by atoms with Crippen LogP contribution in [-0.4, -0.2) is 22.5 Å². The van der Waals surface area contributed by atoms with Gasteiger partial charge < -0.3 is 10.6 Å². The number of anilines is 2. The van der Waals surface area contributed by atoms with Crippen molar-refractivity contribution >= 4 is 55.0 Å². The number of nitrogens with one attached hydrogen (secondary N) is 2. The number of hydrogen-bond donors (Lipinski definition) is 2. The molecule has 2 amide bonds. The predicted molar refractivity (Wildman–Crippen MR) is 222 cm³/mol. The summed E-state index contributed by atoms with van der Waals surface area (Å²) in [6.45, 7) is 8.44. The first-order valence-electron chi connectivity index (χ1n) is 17.4. The third kappa shape index (κ3) is 5.64. The van der Waals surface area contributed by atoms with Gasteiger partial charge in [0.2, 0.25) is 11.8 Å². The highest BCUT2D eigenvalue weighted by molar-refractivity contribution is 9.09. The van der Waals surface area contributed by atoms with Crippen LogP contribution in [0.3, 0.4) is 0 Å². The Labute approximate surface area is 323 Å². The Morgan fingerprint density at radius 3 is 1.10 bits per heavy atom. The number of fused-ring (bicyclic) bond motifs is 6. The molecule has 0 radical (unpaired) electrons. The van der Waals surface area contributed by atoms with Crippen LogP contribution in [0.5, 0.6) is 0 Å². The highest BCUT2D eigenvalue weighted by Gasteiger charge is 2.46. The third-order valence-electron chi connectivity index (χ3n) is 10.7. The van der Waals surface area contributed by atoms with Crippen molar-refractivity contribution < 1.29 is 9.59 Å². The summed E-state index contributed by atoms with van der Waals surface area (Å²) in [7, 11) is 0. The number of carbonyl (C=O) groups is 2. The third-order valence-corrected chi connectivity index (χ3v) is 12.4. The van der Waals surface area contributed by atoms with E-state index in [-0.39, 0.29) is 11.8 Å². The van der Waals surface area contributed by atoms with Crippen LogP contribution in [0.15, 0.2) is 133 Å². The van der Waals surface area contributed by atoms with Gasteiger partial charge in [0.15, 0.2) is 0 Å². The molecule has 52 heavy (non-hydrogen) atoms. The maximum absolute atomic E-state index is 13.6. The van der Waals surface area contributed by atoms with Crippen LogP contribution in [0.4, 0.5) is 11.4 Å². The van der Waals surface area contributed by atoms with Gasteiger partial charge in [-0.05, 0) is 95.5 Å². The molecule has 2 heterocycles. The number of amides is 2. The van der Waals surface area contributed by atoms with Crippen LogP contribution in [0.25, 0.3) is 22.3 Å². The number of rotatable bonds is 4. The van der Waals surface area contributed by atoms with Gasteiger partial charge in [-0.1, -0.05) is 153 Å². The quantitative estimate of drug-likeness (QED) is 0.174. The summed E-state index contributed by atoms with van der Waals surface area (Å²) >= 11 is 7.35. The van der Waals surface area contributed by atoms with Crippen molar-refractivity contribution in [2.24, 2.45) is 0 Å². The molecule has 260 valence electrons. The zero-order valence-electron chi connectivity index (χ0n) is 29.7. The average Bonchev–Trinajstić information content (AvgIpc) is 3.35. The largest absolute Gasteiger partial charge is 0.324 e. The van der Waals surface area contributed by atoms with Crippen LogP contribution in [-0.2, 0) is 20.4 Å². The highest BCUT2D eigenvalue weighted by atomic mass is 79.9.